The molecule has 3 saturated heterocycles. The average Bonchev–Trinajstić information content (AvgIpc) is 3.42. The Morgan fingerprint density at radius 1 is 0.923 bits per heavy atom. The molecular weight excluding hydrogens is 538 g/mol. The maximum Gasteiger partial charge on any atom is 0.282 e. The number of nitrogens with one attached hydrogen (secondary N) is 1. The van der Waals surface area contributed by atoms with Crippen LogP contribution in [0.25, 0.3) is 0 Å². The molecule has 3 aliphatic heterocycles. The van der Waals surface area contributed by atoms with E-state index in [1.807, 2.05) is 42.5 Å². The number of nitrogens with zero attached hydrogens (tertiary/aromatic N) is 4. The van der Waals surface area contributed by atoms with Crippen LogP contribution in [0.4, 0.5) is 0 Å². The van der Waals surface area contributed by atoms with E-state index in [-0.39, 0.29) is 37.4 Å². The number of hydrogen-bond acceptors (Lipinski definition) is 5. The lowest BCUT2D eigenvalue weighted by Gasteiger charge is -2.41. The predicted molar refractivity (Wildman–Crippen MR) is 147 cm³/mol. The summed E-state index contributed by atoms with van der Waals surface area (Å²) in [7, 11) is -3.71. The summed E-state index contributed by atoms with van der Waals surface area (Å²) in [4.78, 5) is 28.9. The SMILES string of the molecule is N#CC1CN(S(=O)(=O)N2CCC[C@H](C(=O)N3CCC[C@@H]3C(=O)N[C@@H](c3ccccc3)c3ccc(Cl)cc3)C2)C1. The molecule has 3 atom stereocenters. The molecule has 39 heavy (non-hydrogen) atoms. The van der Waals surface area contributed by atoms with Gasteiger partial charge < -0.3 is 10.2 Å². The van der Waals surface area contributed by atoms with Crippen molar-refractivity contribution in [2.75, 3.05) is 32.7 Å². The smallest absolute Gasteiger partial charge is 0.282 e. The molecule has 2 aromatic rings. The number of carbonyl (C=O) groups is 2. The van der Waals surface area contributed by atoms with Gasteiger partial charge in [-0.3, -0.25) is 9.59 Å². The fourth-order valence-electron chi connectivity index (χ4n) is 5.66. The van der Waals surface area contributed by atoms with Crippen LogP contribution in [0.2, 0.25) is 5.02 Å². The molecule has 0 unspecified atom stereocenters. The number of likely N-dealkylation sites (tertiary alicyclic amines) is 1. The van der Waals surface area contributed by atoms with Crippen molar-refractivity contribution in [1.82, 2.24) is 18.8 Å². The molecule has 3 aliphatic rings. The molecule has 5 rings (SSSR count). The number of piperidine rings is 1. The summed E-state index contributed by atoms with van der Waals surface area (Å²) in [5.74, 6) is -1.18. The molecule has 0 aliphatic carbocycles. The minimum Gasteiger partial charge on any atom is -0.343 e. The molecule has 3 fully saturated rings. The molecule has 11 heteroatoms. The van der Waals surface area contributed by atoms with Gasteiger partial charge in [0.15, 0.2) is 0 Å². The number of carbonyl (C=O) groups excluding carboxylic acids is 2. The second kappa shape index (κ2) is 11.6. The first-order chi connectivity index (χ1) is 18.8. The quantitative estimate of drug-likeness (QED) is 0.551. The molecule has 0 saturated carbocycles. The Morgan fingerprint density at radius 2 is 1.59 bits per heavy atom. The van der Waals surface area contributed by atoms with Gasteiger partial charge in [0.25, 0.3) is 10.2 Å². The van der Waals surface area contributed by atoms with E-state index in [9.17, 15) is 18.0 Å². The van der Waals surface area contributed by atoms with E-state index in [0.717, 1.165) is 11.1 Å². The van der Waals surface area contributed by atoms with Crippen LogP contribution < -0.4 is 5.32 Å². The fourth-order valence-corrected chi connectivity index (χ4v) is 7.58. The number of rotatable bonds is 7. The van der Waals surface area contributed by atoms with Gasteiger partial charge in [-0.25, -0.2) is 0 Å². The monoisotopic (exact) mass is 569 g/mol. The van der Waals surface area contributed by atoms with Gasteiger partial charge in [0.1, 0.15) is 6.04 Å². The first kappa shape index (κ1) is 27.6. The average molecular weight is 570 g/mol. The van der Waals surface area contributed by atoms with Crippen molar-refractivity contribution in [3.05, 3.63) is 70.7 Å². The first-order valence-corrected chi connectivity index (χ1v) is 15.1. The van der Waals surface area contributed by atoms with Gasteiger partial charge in [0, 0.05) is 37.7 Å². The molecule has 0 spiro atoms. The van der Waals surface area contributed by atoms with Gasteiger partial charge in [-0.2, -0.15) is 22.3 Å². The molecule has 2 aromatic carbocycles. The van der Waals surface area contributed by atoms with Crippen LogP contribution in [0.5, 0.6) is 0 Å². The van der Waals surface area contributed by atoms with E-state index in [1.165, 1.54) is 8.61 Å². The fraction of sp³-hybridized carbons (Fsp3) is 0.464. The zero-order valence-corrected chi connectivity index (χ0v) is 23.2. The minimum absolute atomic E-state index is 0.0944. The van der Waals surface area contributed by atoms with Crippen LogP contribution in [0, 0.1) is 23.2 Å². The van der Waals surface area contributed by atoms with E-state index in [0.29, 0.717) is 43.8 Å². The molecule has 1 N–H and O–H groups in total. The summed E-state index contributed by atoms with van der Waals surface area (Å²) in [6.45, 7) is 1.30. The molecule has 3 heterocycles. The van der Waals surface area contributed by atoms with Gasteiger partial charge in [-0.05, 0) is 48.9 Å². The van der Waals surface area contributed by atoms with Gasteiger partial charge in [-0.1, -0.05) is 54.1 Å². The van der Waals surface area contributed by atoms with Crippen molar-refractivity contribution in [3.8, 4) is 6.07 Å². The predicted octanol–water partition coefficient (Wildman–Crippen LogP) is 2.95. The lowest BCUT2D eigenvalue weighted by molar-refractivity contribution is -0.142. The maximum atomic E-state index is 13.7. The highest BCUT2D eigenvalue weighted by molar-refractivity contribution is 7.86. The van der Waals surface area contributed by atoms with Crippen LogP contribution in [0.15, 0.2) is 54.6 Å². The lowest BCUT2D eigenvalue weighted by Crippen LogP contribution is -2.57. The van der Waals surface area contributed by atoms with E-state index in [1.54, 1.807) is 17.0 Å². The van der Waals surface area contributed by atoms with Gasteiger partial charge in [0.2, 0.25) is 11.8 Å². The van der Waals surface area contributed by atoms with Crippen molar-refractivity contribution < 1.29 is 18.0 Å². The van der Waals surface area contributed by atoms with Crippen LogP contribution >= 0.6 is 11.6 Å². The van der Waals surface area contributed by atoms with Crippen molar-refractivity contribution in [2.24, 2.45) is 11.8 Å². The highest BCUT2D eigenvalue weighted by Crippen LogP contribution is 2.30. The molecule has 0 radical (unpaired) electrons. The van der Waals surface area contributed by atoms with Crippen molar-refractivity contribution >= 4 is 33.6 Å². The molecule has 0 bridgehead atoms. The van der Waals surface area contributed by atoms with Crippen LogP contribution in [0.3, 0.4) is 0 Å². The number of hydrogen-bond donors (Lipinski definition) is 1. The van der Waals surface area contributed by atoms with E-state index >= 15 is 0 Å². The first-order valence-electron chi connectivity index (χ1n) is 13.3. The molecule has 0 aromatic heterocycles. The van der Waals surface area contributed by atoms with E-state index in [4.69, 9.17) is 16.9 Å². The highest BCUT2D eigenvalue weighted by Gasteiger charge is 2.44. The Bertz CT molecular complexity index is 1340. The van der Waals surface area contributed by atoms with Crippen LogP contribution in [-0.2, 0) is 19.8 Å². The summed E-state index contributed by atoms with van der Waals surface area (Å²) in [6.07, 6.45) is 2.41. The third-order valence-electron chi connectivity index (χ3n) is 7.88. The Kier molecular flexibility index (Phi) is 8.24. The topological polar surface area (TPSA) is 114 Å². The summed E-state index contributed by atoms with van der Waals surface area (Å²) in [6, 6.07) is 18.1. The number of halogens is 1. The van der Waals surface area contributed by atoms with Crippen LogP contribution in [-0.4, -0.2) is 72.5 Å². The minimum atomic E-state index is -3.71. The van der Waals surface area contributed by atoms with Crippen molar-refractivity contribution in [3.63, 3.8) is 0 Å². The Balaban J connectivity index is 1.28. The summed E-state index contributed by atoms with van der Waals surface area (Å²) in [5.41, 5.74) is 1.80. The molecule has 206 valence electrons. The van der Waals surface area contributed by atoms with Crippen LogP contribution in [0.1, 0.15) is 42.9 Å². The largest absolute Gasteiger partial charge is 0.343 e. The summed E-state index contributed by atoms with van der Waals surface area (Å²) >= 11 is 6.09. The maximum absolute atomic E-state index is 13.7. The standard InChI is InChI=1S/C28H32ClN5O4S/c29-24-12-10-22(11-13-24)26(21-6-2-1-3-7-21)31-27(35)25-9-5-15-34(25)28(36)23-8-4-14-32(19-23)39(37,38)33-17-20(16-30)18-33/h1-3,6-7,10-13,20,23,25-26H,4-5,8-9,14-15,17-19H2,(H,31,35)/t23-,25+,26-/m0/s1. The summed E-state index contributed by atoms with van der Waals surface area (Å²) in [5, 5.41) is 12.8. The number of amides is 2. The van der Waals surface area contributed by atoms with Gasteiger partial charge in [-0.15, -0.1) is 0 Å². The number of nitriles is 1. The Morgan fingerprint density at radius 3 is 2.28 bits per heavy atom. The van der Waals surface area contributed by atoms with Crippen molar-refractivity contribution in [2.45, 2.75) is 37.8 Å². The second-order valence-electron chi connectivity index (χ2n) is 10.4. The zero-order chi connectivity index (χ0) is 27.6. The number of benzene rings is 2. The zero-order valence-electron chi connectivity index (χ0n) is 21.6. The van der Waals surface area contributed by atoms with Gasteiger partial charge >= 0.3 is 0 Å². The third-order valence-corrected chi connectivity index (χ3v) is 10.1. The molecule has 9 nitrogen and oxygen atoms in total. The molecular formula is C28H32ClN5O4S. The summed E-state index contributed by atoms with van der Waals surface area (Å²) < 4.78 is 28.8. The third kappa shape index (κ3) is 5.82. The van der Waals surface area contributed by atoms with Gasteiger partial charge in [0.05, 0.1) is 23.9 Å². The molecule has 2 amide bonds. The van der Waals surface area contributed by atoms with E-state index in [2.05, 4.69) is 11.4 Å². The highest BCUT2D eigenvalue weighted by atomic mass is 35.5. The Labute approximate surface area is 234 Å². The lowest BCUT2D eigenvalue weighted by atomic mass is 9.97. The Hall–Kier alpha value is -2.97. The van der Waals surface area contributed by atoms with Crippen molar-refractivity contribution in [1.29, 1.82) is 5.26 Å². The van der Waals surface area contributed by atoms with E-state index < -0.39 is 28.2 Å². The second-order valence-corrected chi connectivity index (χ2v) is 12.8. The normalized spacial score (nSPS) is 23.5.